The number of ether oxygens (including phenoxy) is 1. The van der Waals surface area contributed by atoms with Gasteiger partial charge in [0.15, 0.2) is 0 Å². The van der Waals surface area contributed by atoms with E-state index in [1.165, 1.54) is 0 Å². The fraction of sp³-hybridized carbons (Fsp3) is 0.778. The third-order valence-electron chi connectivity index (χ3n) is 5.31. The SMILES string of the molecule is CC(C)(C)OC(=O)N1CCC(n2ccc(B3OC(C)(C)C(C)(C)O3)n2)C1. The minimum absolute atomic E-state index is 0.138. The Morgan fingerprint density at radius 3 is 2.46 bits per heavy atom. The summed E-state index contributed by atoms with van der Waals surface area (Å²) in [4.78, 5) is 14.0. The summed E-state index contributed by atoms with van der Waals surface area (Å²) in [5.74, 6) is 0. The van der Waals surface area contributed by atoms with Crippen LogP contribution in [0.3, 0.4) is 0 Å². The summed E-state index contributed by atoms with van der Waals surface area (Å²) >= 11 is 0. The Morgan fingerprint density at radius 1 is 1.27 bits per heavy atom. The second-order valence-corrected chi connectivity index (χ2v) is 9.18. The quantitative estimate of drug-likeness (QED) is 0.755. The third kappa shape index (κ3) is 3.76. The summed E-state index contributed by atoms with van der Waals surface area (Å²) < 4.78 is 19.5. The van der Waals surface area contributed by atoms with Crippen LogP contribution >= 0.6 is 0 Å². The molecular weight excluding hydrogens is 333 g/mol. The van der Waals surface area contributed by atoms with Gasteiger partial charge in [-0.05, 0) is 61.0 Å². The van der Waals surface area contributed by atoms with E-state index >= 15 is 0 Å². The van der Waals surface area contributed by atoms with Gasteiger partial charge in [-0.3, -0.25) is 4.68 Å². The van der Waals surface area contributed by atoms with Gasteiger partial charge < -0.3 is 18.9 Å². The number of hydrogen-bond donors (Lipinski definition) is 0. The van der Waals surface area contributed by atoms with Gasteiger partial charge in [0, 0.05) is 19.3 Å². The van der Waals surface area contributed by atoms with Crippen molar-refractivity contribution in [3.05, 3.63) is 12.3 Å². The first-order valence-corrected chi connectivity index (χ1v) is 9.27. The standard InChI is InChI=1S/C18H30BN3O4/c1-16(2,3)24-15(23)21-10-8-13(12-21)22-11-9-14(20-22)19-25-17(4,5)18(6,7)26-19/h9,11,13H,8,10,12H2,1-7H3. The van der Waals surface area contributed by atoms with Crippen LogP contribution in [0.4, 0.5) is 4.79 Å². The molecule has 0 radical (unpaired) electrons. The first-order valence-electron chi connectivity index (χ1n) is 9.27. The molecule has 3 rings (SSSR count). The van der Waals surface area contributed by atoms with Crippen LogP contribution in [0.5, 0.6) is 0 Å². The summed E-state index contributed by atoms with van der Waals surface area (Å²) in [6.45, 7) is 15.0. The van der Waals surface area contributed by atoms with Crippen molar-refractivity contribution in [3.8, 4) is 0 Å². The molecule has 0 spiro atoms. The number of carbonyl (C=O) groups is 1. The molecule has 1 amide bonds. The number of aromatic nitrogens is 2. The maximum absolute atomic E-state index is 12.2. The predicted octanol–water partition coefficient (Wildman–Crippen LogP) is 2.36. The number of likely N-dealkylation sites (tertiary alicyclic amines) is 1. The molecule has 2 aliphatic heterocycles. The zero-order valence-corrected chi connectivity index (χ0v) is 16.9. The number of hydrogen-bond acceptors (Lipinski definition) is 5. The number of nitrogens with zero attached hydrogens (tertiary/aromatic N) is 3. The molecular formula is C18H30BN3O4. The van der Waals surface area contributed by atoms with Gasteiger partial charge in [-0.2, -0.15) is 5.10 Å². The summed E-state index contributed by atoms with van der Waals surface area (Å²) in [6, 6.07) is 2.07. The zero-order valence-electron chi connectivity index (χ0n) is 16.9. The normalized spacial score (nSPS) is 25.0. The van der Waals surface area contributed by atoms with E-state index < -0.39 is 12.7 Å². The van der Waals surface area contributed by atoms with Gasteiger partial charge in [-0.25, -0.2) is 4.79 Å². The van der Waals surface area contributed by atoms with E-state index in [-0.39, 0.29) is 23.3 Å². The molecule has 26 heavy (non-hydrogen) atoms. The molecule has 0 aromatic carbocycles. The Labute approximate surface area is 156 Å². The minimum Gasteiger partial charge on any atom is -0.444 e. The van der Waals surface area contributed by atoms with Crippen molar-refractivity contribution >= 4 is 18.8 Å². The summed E-state index contributed by atoms with van der Waals surface area (Å²) in [6.07, 6.45) is 2.52. The average Bonchev–Trinajstić information content (AvgIpc) is 3.16. The highest BCUT2D eigenvalue weighted by atomic mass is 16.7. The van der Waals surface area contributed by atoms with Gasteiger partial charge in [0.25, 0.3) is 0 Å². The average molecular weight is 363 g/mol. The lowest BCUT2D eigenvalue weighted by atomic mass is 9.85. The van der Waals surface area contributed by atoms with E-state index in [0.717, 1.165) is 12.0 Å². The lowest BCUT2D eigenvalue weighted by Crippen LogP contribution is -2.41. The maximum Gasteiger partial charge on any atom is 0.516 e. The number of amides is 1. The summed E-state index contributed by atoms with van der Waals surface area (Å²) in [7, 11) is -0.468. The van der Waals surface area contributed by atoms with Crippen molar-refractivity contribution in [3.63, 3.8) is 0 Å². The van der Waals surface area contributed by atoms with Crippen molar-refractivity contribution in [2.45, 2.75) is 77.7 Å². The molecule has 2 fully saturated rings. The molecule has 144 valence electrons. The highest BCUT2D eigenvalue weighted by Crippen LogP contribution is 2.36. The van der Waals surface area contributed by atoms with E-state index in [1.807, 2.05) is 65.4 Å². The van der Waals surface area contributed by atoms with Crippen LogP contribution in [0.15, 0.2) is 12.3 Å². The molecule has 0 N–H and O–H groups in total. The molecule has 1 atom stereocenters. The molecule has 0 saturated carbocycles. The topological polar surface area (TPSA) is 65.8 Å². The number of carbonyl (C=O) groups excluding carboxylic acids is 1. The summed E-state index contributed by atoms with van der Waals surface area (Å²) in [5.41, 5.74) is -0.491. The molecule has 1 aromatic rings. The van der Waals surface area contributed by atoms with Crippen LogP contribution in [0.25, 0.3) is 0 Å². The molecule has 2 saturated heterocycles. The predicted molar refractivity (Wildman–Crippen MR) is 99.4 cm³/mol. The monoisotopic (exact) mass is 363 g/mol. The van der Waals surface area contributed by atoms with Crippen molar-refractivity contribution in [1.82, 2.24) is 14.7 Å². The smallest absolute Gasteiger partial charge is 0.444 e. The molecule has 1 aromatic heterocycles. The Morgan fingerprint density at radius 2 is 1.88 bits per heavy atom. The second kappa shape index (κ2) is 6.27. The summed E-state index contributed by atoms with van der Waals surface area (Å²) in [5, 5.41) is 4.66. The zero-order chi connectivity index (χ0) is 19.3. The van der Waals surface area contributed by atoms with Gasteiger partial charge in [0.2, 0.25) is 0 Å². The van der Waals surface area contributed by atoms with E-state index in [4.69, 9.17) is 14.0 Å². The van der Waals surface area contributed by atoms with E-state index in [9.17, 15) is 4.79 Å². The van der Waals surface area contributed by atoms with Crippen LogP contribution in [0.1, 0.15) is 60.9 Å². The molecule has 2 aliphatic rings. The van der Waals surface area contributed by atoms with Gasteiger partial charge in [0.1, 0.15) is 5.60 Å². The maximum atomic E-state index is 12.2. The fourth-order valence-corrected chi connectivity index (χ4v) is 3.10. The first kappa shape index (κ1) is 19.2. The van der Waals surface area contributed by atoms with Crippen molar-refractivity contribution < 1.29 is 18.8 Å². The Hall–Kier alpha value is -1.54. The van der Waals surface area contributed by atoms with Crippen molar-refractivity contribution in [2.24, 2.45) is 0 Å². The Bertz CT molecular complexity index is 664. The fourth-order valence-electron chi connectivity index (χ4n) is 3.10. The highest BCUT2D eigenvalue weighted by molar-refractivity contribution is 6.61. The first-order chi connectivity index (χ1) is 11.9. The van der Waals surface area contributed by atoms with Gasteiger partial charge in [-0.15, -0.1) is 0 Å². The van der Waals surface area contributed by atoms with Crippen molar-refractivity contribution in [1.29, 1.82) is 0 Å². The van der Waals surface area contributed by atoms with Crippen LogP contribution < -0.4 is 5.59 Å². The molecule has 3 heterocycles. The third-order valence-corrected chi connectivity index (χ3v) is 5.31. The molecule has 8 heteroatoms. The Kier molecular flexibility index (Phi) is 4.64. The van der Waals surface area contributed by atoms with E-state index in [2.05, 4.69) is 5.10 Å². The van der Waals surface area contributed by atoms with Gasteiger partial charge in [-0.1, -0.05) is 0 Å². The van der Waals surface area contributed by atoms with Crippen LogP contribution in [-0.2, 0) is 14.0 Å². The lowest BCUT2D eigenvalue weighted by Gasteiger charge is -2.32. The van der Waals surface area contributed by atoms with Crippen LogP contribution in [-0.4, -0.2) is 57.8 Å². The lowest BCUT2D eigenvalue weighted by molar-refractivity contribution is 0.00578. The highest BCUT2D eigenvalue weighted by Gasteiger charge is 2.52. The largest absolute Gasteiger partial charge is 0.516 e. The Balaban J connectivity index is 1.64. The van der Waals surface area contributed by atoms with Crippen LogP contribution in [0.2, 0.25) is 0 Å². The van der Waals surface area contributed by atoms with Crippen LogP contribution in [0, 0.1) is 0 Å². The number of rotatable bonds is 2. The van der Waals surface area contributed by atoms with E-state index in [1.54, 1.807) is 4.90 Å². The van der Waals surface area contributed by atoms with Gasteiger partial charge >= 0.3 is 13.2 Å². The molecule has 0 aliphatic carbocycles. The van der Waals surface area contributed by atoms with Gasteiger partial charge in [0.05, 0.1) is 22.8 Å². The minimum atomic E-state index is -0.481. The van der Waals surface area contributed by atoms with Crippen molar-refractivity contribution in [2.75, 3.05) is 13.1 Å². The molecule has 7 nitrogen and oxygen atoms in total. The molecule has 1 unspecified atom stereocenters. The van der Waals surface area contributed by atoms with E-state index in [0.29, 0.717) is 13.1 Å². The molecule has 0 bridgehead atoms. The second-order valence-electron chi connectivity index (χ2n) is 9.18.